The number of amides is 2. The van der Waals surface area contributed by atoms with Crippen molar-refractivity contribution in [2.24, 2.45) is 0 Å². The van der Waals surface area contributed by atoms with Gasteiger partial charge in [0.2, 0.25) is 0 Å². The van der Waals surface area contributed by atoms with Crippen LogP contribution in [0.15, 0.2) is 65.6 Å². The van der Waals surface area contributed by atoms with E-state index in [0.29, 0.717) is 34.6 Å². The largest absolute Gasteiger partial charge is 0.481 e. The number of hydrogen-bond donors (Lipinski definition) is 4. The van der Waals surface area contributed by atoms with E-state index in [-0.39, 0.29) is 17.9 Å². The van der Waals surface area contributed by atoms with Crippen molar-refractivity contribution in [2.75, 3.05) is 10.6 Å². The summed E-state index contributed by atoms with van der Waals surface area (Å²) in [7, 11) is 0. The summed E-state index contributed by atoms with van der Waals surface area (Å²) in [6.07, 6.45) is 3.62. The Morgan fingerprint density at radius 3 is 2.55 bits per heavy atom. The minimum Gasteiger partial charge on any atom is -0.481 e. The molecule has 0 saturated heterocycles. The highest BCUT2D eigenvalue weighted by molar-refractivity contribution is 6.35. The van der Waals surface area contributed by atoms with Gasteiger partial charge in [0.05, 0.1) is 11.3 Å². The predicted octanol–water partition coefficient (Wildman–Crippen LogP) is 4.68. The Kier molecular flexibility index (Phi) is 6.91. The molecule has 2 aromatic heterocycles. The molecule has 10 heteroatoms. The quantitative estimate of drug-likeness (QED) is 0.253. The van der Waals surface area contributed by atoms with Crippen molar-refractivity contribution in [3.05, 3.63) is 111 Å². The summed E-state index contributed by atoms with van der Waals surface area (Å²) in [6.45, 7) is 3.75. The highest BCUT2D eigenvalue weighted by atomic mass is 19.1. The number of nitrogens with one attached hydrogen (secondary N) is 3. The number of pyridine rings is 1. The van der Waals surface area contributed by atoms with Gasteiger partial charge in [-0.25, -0.2) is 4.39 Å². The Labute approximate surface area is 228 Å². The number of anilines is 2. The van der Waals surface area contributed by atoms with E-state index >= 15 is 0 Å². The lowest BCUT2D eigenvalue weighted by molar-refractivity contribution is -0.137. The Balaban J connectivity index is 1.39. The van der Waals surface area contributed by atoms with E-state index in [2.05, 4.69) is 15.6 Å². The average Bonchev–Trinajstić information content (AvgIpc) is 3.36. The molecular weight excluding hydrogens is 515 g/mol. The summed E-state index contributed by atoms with van der Waals surface area (Å²) in [4.78, 5) is 53.0. The molecule has 0 spiro atoms. The maximum Gasteiger partial charge on any atom is 0.303 e. The summed E-state index contributed by atoms with van der Waals surface area (Å²) in [6, 6.07) is 13.2. The van der Waals surface area contributed by atoms with Crippen molar-refractivity contribution in [1.29, 1.82) is 0 Å². The molecule has 4 N–H and O–H groups in total. The molecule has 0 saturated carbocycles. The minimum absolute atomic E-state index is 0.0103. The fourth-order valence-electron chi connectivity index (χ4n) is 4.80. The van der Waals surface area contributed by atoms with Crippen LogP contribution in [0.4, 0.5) is 15.8 Å². The second-order valence-electron chi connectivity index (χ2n) is 9.46. The van der Waals surface area contributed by atoms with Gasteiger partial charge in [-0.1, -0.05) is 6.07 Å². The van der Waals surface area contributed by atoms with Crippen LogP contribution in [0.25, 0.3) is 17.3 Å². The normalized spacial score (nSPS) is 13.3. The van der Waals surface area contributed by atoms with Gasteiger partial charge in [-0.05, 0) is 86.0 Å². The molecule has 0 bridgehead atoms. The highest BCUT2D eigenvalue weighted by Gasteiger charge is 2.26. The number of nitrogens with zero attached hydrogens (tertiary/aromatic N) is 1. The summed E-state index contributed by atoms with van der Waals surface area (Å²) >= 11 is 0. The van der Waals surface area contributed by atoms with Crippen LogP contribution in [-0.2, 0) is 16.0 Å². The van der Waals surface area contributed by atoms with Crippen LogP contribution in [0, 0.1) is 19.7 Å². The third-order valence-electron chi connectivity index (χ3n) is 6.87. The Hall–Kier alpha value is -5.25. The van der Waals surface area contributed by atoms with Crippen LogP contribution < -0.4 is 16.2 Å². The fourth-order valence-corrected chi connectivity index (χ4v) is 4.80. The molecule has 3 heterocycles. The summed E-state index contributed by atoms with van der Waals surface area (Å²) in [5.41, 5.74) is 5.04. The van der Waals surface area contributed by atoms with Gasteiger partial charge < -0.3 is 20.7 Å². The fraction of sp³-hybridized carbons (Fsp3) is 0.133. The first-order valence-corrected chi connectivity index (χ1v) is 12.5. The molecule has 0 fully saturated rings. The van der Waals surface area contributed by atoms with Gasteiger partial charge in [-0.3, -0.25) is 23.7 Å². The number of aromatic nitrogens is 2. The van der Waals surface area contributed by atoms with Crippen molar-refractivity contribution in [2.45, 2.75) is 26.7 Å². The number of hydrogen-bond acceptors (Lipinski definition) is 4. The molecule has 0 unspecified atom stereocenters. The molecule has 9 nitrogen and oxygen atoms in total. The van der Waals surface area contributed by atoms with E-state index in [1.807, 2.05) is 13.8 Å². The molecule has 0 aliphatic carbocycles. The number of rotatable bonds is 7. The second-order valence-corrected chi connectivity index (χ2v) is 9.46. The zero-order chi connectivity index (χ0) is 28.6. The van der Waals surface area contributed by atoms with E-state index in [0.717, 1.165) is 22.5 Å². The van der Waals surface area contributed by atoms with Crippen molar-refractivity contribution in [3.8, 4) is 5.69 Å². The average molecular weight is 541 g/mol. The molecule has 2 amide bonds. The number of aromatic amines is 1. The van der Waals surface area contributed by atoms with Gasteiger partial charge in [0.25, 0.3) is 17.4 Å². The van der Waals surface area contributed by atoms with E-state index in [1.54, 1.807) is 30.3 Å². The molecule has 202 valence electrons. The molecule has 4 aromatic rings. The van der Waals surface area contributed by atoms with Gasteiger partial charge in [0.1, 0.15) is 11.4 Å². The number of carboxylic acids is 1. The van der Waals surface area contributed by atoms with Gasteiger partial charge in [0.15, 0.2) is 0 Å². The van der Waals surface area contributed by atoms with Crippen LogP contribution in [0.1, 0.15) is 44.9 Å². The molecule has 5 rings (SSSR count). The third-order valence-corrected chi connectivity index (χ3v) is 6.87. The monoisotopic (exact) mass is 540 g/mol. The molecule has 40 heavy (non-hydrogen) atoms. The van der Waals surface area contributed by atoms with Gasteiger partial charge in [-0.15, -0.1) is 0 Å². The number of benzene rings is 2. The minimum atomic E-state index is -0.877. The topological polar surface area (TPSA) is 133 Å². The Morgan fingerprint density at radius 1 is 1.07 bits per heavy atom. The summed E-state index contributed by atoms with van der Waals surface area (Å²) in [5.74, 6) is -2.26. The standard InChI is InChI=1S/C30H25FN4O5/c1-16-21(11-12-27(36)37)17(2)32-25(16)15-24-22-10-7-19(14-26(22)34-29(24)39)33-28(38)23-4-3-13-35(30(23)40)20-8-5-18(31)6-9-20/h3-10,13-15,32H,11-12H2,1-2H3,(H,33,38)(H,34,39)(H,36,37)/b24-15-. The summed E-state index contributed by atoms with van der Waals surface area (Å²) < 4.78 is 14.5. The van der Waals surface area contributed by atoms with Crippen molar-refractivity contribution in [3.63, 3.8) is 0 Å². The molecule has 0 atom stereocenters. The molecule has 0 radical (unpaired) electrons. The first-order chi connectivity index (χ1) is 19.1. The molecule has 2 aromatic carbocycles. The predicted molar refractivity (Wildman–Crippen MR) is 149 cm³/mol. The lowest BCUT2D eigenvalue weighted by Crippen LogP contribution is -2.27. The first-order valence-electron chi connectivity index (χ1n) is 12.5. The Morgan fingerprint density at radius 2 is 1.82 bits per heavy atom. The zero-order valence-electron chi connectivity index (χ0n) is 21.7. The van der Waals surface area contributed by atoms with Crippen LogP contribution >= 0.6 is 0 Å². The van der Waals surface area contributed by atoms with Crippen molar-refractivity contribution >= 4 is 40.8 Å². The number of aliphatic carboxylic acids is 1. The SMILES string of the molecule is Cc1[nH]c(/C=C2\C(=O)Nc3cc(NC(=O)c4cccn(-c5ccc(F)cc5)c4=O)ccc32)c(C)c1CCC(=O)O. The molecule has 1 aliphatic rings. The number of carboxylic acid groups (broad SMARTS) is 1. The summed E-state index contributed by atoms with van der Waals surface area (Å²) in [5, 5.41) is 14.5. The van der Waals surface area contributed by atoms with Crippen LogP contribution in [0.2, 0.25) is 0 Å². The van der Waals surface area contributed by atoms with E-state index in [9.17, 15) is 23.6 Å². The maximum absolute atomic E-state index is 13.3. The second kappa shape index (κ2) is 10.5. The third kappa shape index (κ3) is 5.06. The Bertz CT molecular complexity index is 1770. The van der Waals surface area contributed by atoms with Crippen LogP contribution in [-0.4, -0.2) is 32.4 Å². The molecule has 1 aliphatic heterocycles. The van der Waals surface area contributed by atoms with Gasteiger partial charge in [-0.2, -0.15) is 0 Å². The zero-order valence-corrected chi connectivity index (χ0v) is 21.7. The van der Waals surface area contributed by atoms with Gasteiger partial charge >= 0.3 is 5.97 Å². The molecular formula is C30H25FN4O5. The number of carbonyl (C=O) groups is 3. The van der Waals surface area contributed by atoms with Gasteiger partial charge in [0, 0.05) is 40.9 Å². The highest BCUT2D eigenvalue weighted by Crippen LogP contribution is 2.36. The number of carbonyl (C=O) groups excluding carboxylic acids is 2. The first kappa shape index (κ1) is 26.4. The van der Waals surface area contributed by atoms with Crippen LogP contribution in [0.3, 0.4) is 0 Å². The van der Waals surface area contributed by atoms with E-state index in [1.165, 1.54) is 41.1 Å². The lowest BCUT2D eigenvalue weighted by Gasteiger charge is -2.10. The lowest BCUT2D eigenvalue weighted by atomic mass is 10.0. The van der Waals surface area contributed by atoms with Crippen molar-refractivity contribution < 1.29 is 23.9 Å². The number of aryl methyl sites for hydroxylation is 1. The number of fused-ring (bicyclic) bond motifs is 1. The van der Waals surface area contributed by atoms with Crippen molar-refractivity contribution in [1.82, 2.24) is 9.55 Å². The van der Waals surface area contributed by atoms with E-state index < -0.39 is 23.3 Å². The van der Waals surface area contributed by atoms with Crippen LogP contribution in [0.5, 0.6) is 0 Å². The smallest absolute Gasteiger partial charge is 0.303 e. The number of H-pyrrole nitrogens is 1. The maximum atomic E-state index is 13.3. The number of halogens is 1. The van der Waals surface area contributed by atoms with E-state index in [4.69, 9.17) is 5.11 Å².